The third-order valence-electron chi connectivity index (χ3n) is 4.65. The van der Waals surface area contributed by atoms with Gasteiger partial charge in [-0.2, -0.15) is 0 Å². The topological polar surface area (TPSA) is 125 Å². The van der Waals surface area contributed by atoms with E-state index in [0.29, 0.717) is 30.7 Å². The van der Waals surface area contributed by atoms with Crippen LogP contribution in [-0.2, 0) is 13.1 Å². The van der Waals surface area contributed by atoms with Crippen molar-refractivity contribution in [1.29, 1.82) is 0 Å². The zero-order valence-corrected chi connectivity index (χ0v) is 14.9. The van der Waals surface area contributed by atoms with Crippen molar-refractivity contribution in [3.05, 3.63) is 64.3 Å². The van der Waals surface area contributed by atoms with Crippen LogP contribution in [-0.4, -0.2) is 61.0 Å². The molecule has 8 nitrogen and oxygen atoms in total. The minimum Gasteiger partial charge on any atom is -0.396 e. The Morgan fingerprint density at radius 1 is 1.07 bits per heavy atom. The van der Waals surface area contributed by atoms with E-state index in [1.807, 2.05) is 30.3 Å². The highest BCUT2D eigenvalue weighted by molar-refractivity contribution is 5.77. The van der Waals surface area contributed by atoms with Gasteiger partial charge in [-0.3, -0.25) is 9.69 Å². The monoisotopic (exact) mass is 372 g/mol. The summed E-state index contributed by atoms with van der Waals surface area (Å²) in [5.74, 6) is -0.486. The molecule has 8 heteroatoms. The molecule has 3 aromatic rings. The molecule has 0 aliphatic rings. The summed E-state index contributed by atoms with van der Waals surface area (Å²) < 4.78 is 0. The van der Waals surface area contributed by atoms with E-state index in [1.54, 1.807) is 6.20 Å². The molecule has 0 unspecified atom stereocenters. The Morgan fingerprint density at radius 2 is 1.85 bits per heavy atom. The van der Waals surface area contributed by atoms with Crippen LogP contribution in [0.5, 0.6) is 0 Å². The van der Waals surface area contributed by atoms with E-state index in [2.05, 4.69) is 19.9 Å². The number of benzene rings is 1. The number of nitrogens with one attached hydrogen (secondary N) is 2. The molecule has 2 heterocycles. The van der Waals surface area contributed by atoms with E-state index in [9.17, 15) is 20.1 Å². The van der Waals surface area contributed by atoms with Crippen LogP contribution in [0.2, 0.25) is 0 Å². The first-order valence-corrected chi connectivity index (χ1v) is 8.82. The van der Waals surface area contributed by atoms with Gasteiger partial charge in [-0.05, 0) is 5.56 Å². The maximum Gasteiger partial charge on any atom is 0.275 e. The second kappa shape index (κ2) is 8.92. The Kier molecular flexibility index (Phi) is 6.36. The SMILES string of the molecule is O=c1[nH]cnc2c(CN(Cc3ccccc3)C[C@H](CO)[C@H](O)CO)c[nH]c12. The fourth-order valence-corrected chi connectivity index (χ4v) is 3.17. The van der Waals surface area contributed by atoms with Crippen molar-refractivity contribution < 1.29 is 15.3 Å². The predicted molar refractivity (Wildman–Crippen MR) is 101 cm³/mol. The summed E-state index contributed by atoms with van der Waals surface area (Å²) >= 11 is 0. The van der Waals surface area contributed by atoms with Crippen LogP contribution in [0, 0.1) is 5.92 Å². The molecule has 5 N–H and O–H groups in total. The van der Waals surface area contributed by atoms with Crippen LogP contribution < -0.4 is 5.56 Å². The van der Waals surface area contributed by atoms with E-state index in [4.69, 9.17) is 0 Å². The van der Waals surface area contributed by atoms with Crippen molar-refractivity contribution >= 4 is 11.0 Å². The maximum atomic E-state index is 11.9. The van der Waals surface area contributed by atoms with Gasteiger partial charge >= 0.3 is 0 Å². The zero-order chi connectivity index (χ0) is 19.2. The number of aromatic nitrogens is 3. The highest BCUT2D eigenvalue weighted by Gasteiger charge is 2.22. The van der Waals surface area contributed by atoms with Crippen LogP contribution in [0.4, 0.5) is 0 Å². The molecule has 0 spiro atoms. The van der Waals surface area contributed by atoms with Gasteiger partial charge in [0.2, 0.25) is 0 Å². The summed E-state index contributed by atoms with van der Waals surface area (Å²) in [4.78, 5) is 23.7. The molecule has 144 valence electrons. The van der Waals surface area contributed by atoms with E-state index in [1.165, 1.54) is 6.33 Å². The molecule has 27 heavy (non-hydrogen) atoms. The van der Waals surface area contributed by atoms with Gasteiger partial charge in [-0.15, -0.1) is 0 Å². The van der Waals surface area contributed by atoms with Crippen LogP contribution in [0.25, 0.3) is 11.0 Å². The average molecular weight is 372 g/mol. The third kappa shape index (κ3) is 4.61. The molecule has 3 rings (SSSR count). The fourth-order valence-electron chi connectivity index (χ4n) is 3.17. The first kappa shape index (κ1) is 19.2. The Hall–Kier alpha value is -2.52. The van der Waals surface area contributed by atoms with E-state index < -0.39 is 18.6 Å². The molecule has 0 saturated carbocycles. The highest BCUT2D eigenvalue weighted by atomic mass is 16.3. The Morgan fingerprint density at radius 3 is 2.56 bits per heavy atom. The largest absolute Gasteiger partial charge is 0.396 e. The standard InChI is InChI=1S/C19H24N4O4/c24-10-15(16(26)11-25)9-23(7-13-4-2-1-3-5-13)8-14-6-20-18-17(14)21-12-22-19(18)27/h1-6,12,15-16,20,24-26H,7-11H2,(H,21,22,27)/t15-,16-/m1/s1. The van der Waals surface area contributed by atoms with Crippen LogP contribution >= 0.6 is 0 Å². The second-order valence-electron chi connectivity index (χ2n) is 6.62. The number of hydrogen-bond acceptors (Lipinski definition) is 6. The maximum absolute atomic E-state index is 11.9. The number of nitrogens with zero attached hydrogens (tertiary/aromatic N) is 2. The fraction of sp³-hybridized carbons (Fsp3) is 0.368. The zero-order valence-electron chi connectivity index (χ0n) is 14.9. The number of hydrogen-bond donors (Lipinski definition) is 5. The van der Waals surface area contributed by atoms with Crippen molar-refractivity contribution in [3.8, 4) is 0 Å². The summed E-state index contributed by atoms with van der Waals surface area (Å²) in [6, 6.07) is 9.84. The molecule has 0 amide bonds. The minimum atomic E-state index is -1.00. The van der Waals surface area contributed by atoms with Crippen LogP contribution in [0.3, 0.4) is 0 Å². The van der Waals surface area contributed by atoms with Crippen LogP contribution in [0.1, 0.15) is 11.1 Å². The Bertz CT molecular complexity index is 909. The number of aliphatic hydroxyl groups excluding tert-OH is 3. The number of H-pyrrole nitrogens is 2. The summed E-state index contributed by atoms with van der Waals surface area (Å²) in [6.45, 7) is 0.793. The molecule has 0 bridgehead atoms. The van der Waals surface area contributed by atoms with E-state index in [-0.39, 0.29) is 12.2 Å². The minimum absolute atomic E-state index is 0.232. The summed E-state index contributed by atoms with van der Waals surface area (Å²) in [7, 11) is 0. The van der Waals surface area contributed by atoms with E-state index >= 15 is 0 Å². The molecule has 1 aromatic carbocycles. The lowest BCUT2D eigenvalue weighted by atomic mass is 10.0. The molecular formula is C19H24N4O4. The molecule has 0 aliphatic heterocycles. The van der Waals surface area contributed by atoms with Crippen molar-refractivity contribution in [2.45, 2.75) is 19.2 Å². The van der Waals surface area contributed by atoms with Crippen molar-refractivity contribution in [1.82, 2.24) is 19.9 Å². The second-order valence-corrected chi connectivity index (χ2v) is 6.62. The molecular weight excluding hydrogens is 348 g/mol. The summed E-state index contributed by atoms with van der Waals surface area (Å²) in [5, 5.41) is 28.8. The van der Waals surface area contributed by atoms with E-state index in [0.717, 1.165) is 11.1 Å². The highest BCUT2D eigenvalue weighted by Crippen LogP contribution is 2.18. The van der Waals surface area contributed by atoms with Gasteiger partial charge in [0.05, 0.1) is 24.6 Å². The van der Waals surface area contributed by atoms with Crippen molar-refractivity contribution in [2.75, 3.05) is 19.8 Å². The van der Waals surface area contributed by atoms with Gasteiger partial charge in [0.25, 0.3) is 5.56 Å². The molecule has 0 radical (unpaired) electrons. The lowest BCUT2D eigenvalue weighted by Gasteiger charge is -2.28. The lowest BCUT2D eigenvalue weighted by Crippen LogP contribution is -2.38. The quantitative estimate of drug-likeness (QED) is 0.366. The van der Waals surface area contributed by atoms with Gasteiger partial charge < -0.3 is 25.3 Å². The third-order valence-corrected chi connectivity index (χ3v) is 4.65. The van der Waals surface area contributed by atoms with Crippen molar-refractivity contribution in [3.63, 3.8) is 0 Å². The number of aromatic amines is 2. The smallest absolute Gasteiger partial charge is 0.275 e. The average Bonchev–Trinajstić information content (AvgIpc) is 3.10. The number of rotatable bonds is 9. The van der Waals surface area contributed by atoms with Gasteiger partial charge in [0.15, 0.2) is 0 Å². The molecule has 2 aromatic heterocycles. The Balaban J connectivity index is 1.86. The summed E-state index contributed by atoms with van der Waals surface area (Å²) in [6.07, 6.45) is 2.12. The number of aliphatic hydroxyl groups is 3. The first-order chi connectivity index (χ1) is 13.1. The lowest BCUT2D eigenvalue weighted by molar-refractivity contribution is 0.00448. The normalized spacial score (nSPS) is 13.9. The summed E-state index contributed by atoms with van der Waals surface area (Å²) in [5.41, 5.74) is 2.71. The van der Waals surface area contributed by atoms with Gasteiger partial charge in [-0.1, -0.05) is 30.3 Å². The molecule has 2 atom stereocenters. The number of fused-ring (bicyclic) bond motifs is 1. The molecule has 0 aliphatic carbocycles. The van der Waals surface area contributed by atoms with Crippen LogP contribution in [0.15, 0.2) is 47.7 Å². The Labute approximate surface area is 156 Å². The van der Waals surface area contributed by atoms with Gasteiger partial charge in [0.1, 0.15) is 5.52 Å². The van der Waals surface area contributed by atoms with Gasteiger partial charge in [-0.25, -0.2) is 4.98 Å². The van der Waals surface area contributed by atoms with Gasteiger partial charge in [0, 0.05) is 43.9 Å². The predicted octanol–water partition coefficient (Wildman–Crippen LogP) is 0.215. The molecule has 0 saturated heterocycles. The first-order valence-electron chi connectivity index (χ1n) is 8.82. The van der Waals surface area contributed by atoms with Crippen molar-refractivity contribution in [2.24, 2.45) is 5.92 Å². The molecule has 0 fully saturated rings.